The fourth-order valence-electron chi connectivity index (χ4n) is 2.23. The average molecular weight is 212 g/mol. The van der Waals surface area contributed by atoms with Crippen molar-refractivity contribution >= 4 is 5.91 Å². The number of carbonyl (C=O) groups excluding carboxylic acids is 1. The van der Waals surface area contributed by atoms with E-state index in [4.69, 9.17) is 0 Å². The van der Waals surface area contributed by atoms with Crippen LogP contribution in [-0.2, 0) is 4.79 Å². The third kappa shape index (κ3) is 3.82. The van der Waals surface area contributed by atoms with Crippen LogP contribution in [0.25, 0.3) is 0 Å². The Morgan fingerprint density at radius 1 is 1.33 bits per heavy atom. The van der Waals surface area contributed by atoms with Gasteiger partial charge in [-0.3, -0.25) is 4.79 Å². The van der Waals surface area contributed by atoms with E-state index in [0.717, 1.165) is 19.4 Å². The molecule has 0 heterocycles. The van der Waals surface area contributed by atoms with Gasteiger partial charge in [-0.15, -0.1) is 0 Å². The van der Waals surface area contributed by atoms with Crippen molar-refractivity contribution in [2.75, 3.05) is 13.6 Å². The third-order valence-corrected chi connectivity index (χ3v) is 3.27. The molecule has 0 radical (unpaired) electrons. The molecule has 1 fully saturated rings. The van der Waals surface area contributed by atoms with Gasteiger partial charge in [0, 0.05) is 12.6 Å². The maximum Gasteiger partial charge on any atom is 0.224 e. The zero-order valence-electron chi connectivity index (χ0n) is 10.2. The van der Waals surface area contributed by atoms with E-state index in [1.54, 1.807) is 0 Å². The van der Waals surface area contributed by atoms with Gasteiger partial charge in [-0.05, 0) is 25.8 Å². The van der Waals surface area contributed by atoms with Gasteiger partial charge in [-0.2, -0.15) is 0 Å². The van der Waals surface area contributed by atoms with Crippen molar-refractivity contribution < 1.29 is 4.79 Å². The Bertz CT molecular complexity index is 198. The van der Waals surface area contributed by atoms with Crippen molar-refractivity contribution in [3.8, 4) is 0 Å². The SMILES string of the molecule is CNCC(C(=O)NC1CCCC1)C(C)C. The molecule has 0 aromatic heterocycles. The second kappa shape index (κ2) is 6.11. The summed E-state index contributed by atoms with van der Waals surface area (Å²) < 4.78 is 0. The molecule has 0 spiro atoms. The molecule has 1 saturated carbocycles. The summed E-state index contributed by atoms with van der Waals surface area (Å²) in [5.74, 6) is 0.737. The highest BCUT2D eigenvalue weighted by Gasteiger charge is 2.24. The second-order valence-electron chi connectivity index (χ2n) is 4.90. The Hall–Kier alpha value is -0.570. The summed E-state index contributed by atoms with van der Waals surface area (Å²) in [6.45, 7) is 4.99. The van der Waals surface area contributed by atoms with Gasteiger partial charge >= 0.3 is 0 Å². The molecule has 1 amide bonds. The quantitative estimate of drug-likeness (QED) is 0.726. The van der Waals surface area contributed by atoms with Gasteiger partial charge in [-0.1, -0.05) is 26.7 Å². The molecule has 0 aromatic rings. The first-order valence-electron chi connectivity index (χ1n) is 6.10. The molecule has 1 unspecified atom stereocenters. The van der Waals surface area contributed by atoms with Crippen molar-refractivity contribution in [1.29, 1.82) is 0 Å². The first-order valence-corrected chi connectivity index (χ1v) is 6.10. The number of hydrogen-bond donors (Lipinski definition) is 2. The molecule has 0 aromatic carbocycles. The predicted molar refractivity (Wildman–Crippen MR) is 62.7 cm³/mol. The van der Waals surface area contributed by atoms with Crippen LogP contribution in [0, 0.1) is 11.8 Å². The van der Waals surface area contributed by atoms with E-state index >= 15 is 0 Å². The zero-order valence-corrected chi connectivity index (χ0v) is 10.2. The van der Waals surface area contributed by atoms with E-state index in [9.17, 15) is 4.79 Å². The van der Waals surface area contributed by atoms with Crippen molar-refractivity contribution in [1.82, 2.24) is 10.6 Å². The maximum atomic E-state index is 12.0. The van der Waals surface area contributed by atoms with Crippen LogP contribution in [0.2, 0.25) is 0 Å². The molecule has 1 aliphatic carbocycles. The first-order chi connectivity index (χ1) is 7.15. The Morgan fingerprint density at radius 2 is 1.93 bits per heavy atom. The zero-order chi connectivity index (χ0) is 11.3. The summed E-state index contributed by atoms with van der Waals surface area (Å²) in [5.41, 5.74) is 0. The molecule has 1 rings (SSSR count). The van der Waals surface area contributed by atoms with Crippen LogP contribution in [0.4, 0.5) is 0 Å². The fourth-order valence-corrected chi connectivity index (χ4v) is 2.23. The van der Waals surface area contributed by atoms with E-state index < -0.39 is 0 Å². The lowest BCUT2D eigenvalue weighted by Gasteiger charge is -2.22. The van der Waals surface area contributed by atoms with E-state index in [0.29, 0.717) is 12.0 Å². The number of nitrogens with one attached hydrogen (secondary N) is 2. The van der Waals surface area contributed by atoms with Gasteiger partial charge in [0.1, 0.15) is 0 Å². The Labute approximate surface area is 93.0 Å². The Morgan fingerprint density at radius 3 is 2.40 bits per heavy atom. The van der Waals surface area contributed by atoms with Gasteiger partial charge < -0.3 is 10.6 Å². The molecule has 2 N–H and O–H groups in total. The summed E-state index contributed by atoms with van der Waals surface area (Å²) >= 11 is 0. The maximum absolute atomic E-state index is 12.0. The van der Waals surface area contributed by atoms with E-state index in [2.05, 4.69) is 24.5 Å². The predicted octanol–water partition coefficient (Wildman–Crippen LogP) is 1.54. The van der Waals surface area contributed by atoms with Gasteiger partial charge in [0.15, 0.2) is 0 Å². The second-order valence-corrected chi connectivity index (χ2v) is 4.90. The van der Waals surface area contributed by atoms with Crippen molar-refractivity contribution in [3.63, 3.8) is 0 Å². The highest BCUT2D eigenvalue weighted by Crippen LogP contribution is 2.19. The molecule has 0 aliphatic heterocycles. The van der Waals surface area contributed by atoms with Gasteiger partial charge in [0.25, 0.3) is 0 Å². The van der Waals surface area contributed by atoms with Crippen LogP contribution in [0.5, 0.6) is 0 Å². The average Bonchev–Trinajstić information content (AvgIpc) is 2.65. The van der Waals surface area contributed by atoms with Crippen molar-refractivity contribution in [2.45, 2.75) is 45.6 Å². The summed E-state index contributed by atoms with van der Waals surface area (Å²) in [6, 6.07) is 0.440. The van der Waals surface area contributed by atoms with Crippen molar-refractivity contribution in [3.05, 3.63) is 0 Å². The molecular weight excluding hydrogens is 188 g/mol. The lowest BCUT2D eigenvalue weighted by molar-refractivity contribution is -0.126. The van der Waals surface area contributed by atoms with E-state index in [1.807, 2.05) is 7.05 Å². The molecule has 0 saturated heterocycles. The number of rotatable bonds is 5. The summed E-state index contributed by atoms with van der Waals surface area (Å²) in [4.78, 5) is 12.0. The Balaban J connectivity index is 2.40. The highest BCUT2D eigenvalue weighted by molar-refractivity contribution is 5.79. The highest BCUT2D eigenvalue weighted by atomic mass is 16.2. The summed E-state index contributed by atoms with van der Waals surface area (Å²) in [7, 11) is 1.90. The normalized spacial score (nSPS) is 19.5. The van der Waals surface area contributed by atoms with Gasteiger partial charge in [-0.25, -0.2) is 0 Å². The lowest BCUT2D eigenvalue weighted by Crippen LogP contribution is -2.42. The van der Waals surface area contributed by atoms with Crippen molar-refractivity contribution in [2.24, 2.45) is 11.8 Å². The van der Waals surface area contributed by atoms with Crippen LogP contribution in [0.1, 0.15) is 39.5 Å². The van der Waals surface area contributed by atoms with Gasteiger partial charge in [0.2, 0.25) is 5.91 Å². The number of hydrogen-bond acceptors (Lipinski definition) is 2. The van der Waals surface area contributed by atoms with Crippen LogP contribution in [-0.4, -0.2) is 25.5 Å². The van der Waals surface area contributed by atoms with Crippen LogP contribution in [0.3, 0.4) is 0 Å². The third-order valence-electron chi connectivity index (χ3n) is 3.27. The van der Waals surface area contributed by atoms with Gasteiger partial charge in [0.05, 0.1) is 5.92 Å². The lowest BCUT2D eigenvalue weighted by atomic mass is 9.94. The minimum absolute atomic E-state index is 0.107. The molecule has 15 heavy (non-hydrogen) atoms. The number of amides is 1. The molecule has 3 nitrogen and oxygen atoms in total. The Kier molecular flexibility index (Phi) is 5.09. The van der Waals surface area contributed by atoms with Crippen LogP contribution < -0.4 is 10.6 Å². The fraction of sp³-hybridized carbons (Fsp3) is 0.917. The largest absolute Gasteiger partial charge is 0.353 e. The molecule has 0 bridgehead atoms. The van der Waals surface area contributed by atoms with Crippen LogP contribution in [0.15, 0.2) is 0 Å². The summed E-state index contributed by atoms with van der Waals surface area (Å²) in [6.07, 6.45) is 4.86. The minimum Gasteiger partial charge on any atom is -0.353 e. The summed E-state index contributed by atoms with van der Waals surface area (Å²) in [5, 5.41) is 6.26. The minimum atomic E-state index is 0.107. The monoisotopic (exact) mass is 212 g/mol. The molecular formula is C12H24N2O. The molecule has 1 aliphatic rings. The topological polar surface area (TPSA) is 41.1 Å². The molecule has 3 heteroatoms. The molecule has 88 valence electrons. The smallest absolute Gasteiger partial charge is 0.224 e. The standard InChI is InChI=1S/C12H24N2O/c1-9(2)11(8-13-3)12(15)14-10-6-4-5-7-10/h9-11,13H,4-8H2,1-3H3,(H,14,15). The van der Waals surface area contributed by atoms with E-state index in [1.165, 1.54) is 12.8 Å². The van der Waals surface area contributed by atoms with Crippen LogP contribution >= 0.6 is 0 Å². The number of carbonyl (C=O) groups is 1. The van der Waals surface area contributed by atoms with E-state index in [-0.39, 0.29) is 11.8 Å². The first kappa shape index (κ1) is 12.5. The molecule has 1 atom stereocenters.